The van der Waals surface area contributed by atoms with E-state index in [1.165, 1.54) is 19.0 Å². The molecule has 15 heavy (non-hydrogen) atoms. The molecule has 1 unspecified atom stereocenters. The Morgan fingerprint density at radius 2 is 2.53 bits per heavy atom. The van der Waals surface area contributed by atoms with Gasteiger partial charge in [0.05, 0.1) is 17.1 Å². The van der Waals surface area contributed by atoms with Crippen molar-refractivity contribution >= 4 is 17.5 Å². The molecular formula is C10H14ClN3O. The summed E-state index contributed by atoms with van der Waals surface area (Å²) < 4.78 is 0. The van der Waals surface area contributed by atoms with E-state index in [9.17, 15) is 4.79 Å². The lowest BCUT2D eigenvalue weighted by molar-refractivity contribution is 0.0952. The topological polar surface area (TPSA) is 57.8 Å². The average Bonchev–Trinajstić information content (AvgIpc) is 2.98. The van der Waals surface area contributed by atoms with Gasteiger partial charge in [0.25, 0.3) is 5.91 Å². The Bertz CT molecular complexity index is 359. The number of aromatic nitrogens is 2. The number of alkyl halides is 1. The zero-order valence-corrected chi connectivity index (χ0v) is 9.34. The predicted octanol–water partition coefficient (Wildman–Crippen LogP) is 1.47. The summed E-state index contributed by atoms with van der Waals surface area (Å²) in [6.45, 7) is 2.36. The number of aryl methyl sites for hydroxylation is 1. The highest BCUT2D eigenvalue weighted by molar-refractivity contribution is 6.21. The van der Waals surface area contributed by atoms with Crippen molar-refractivity contribution in [3.05, 3.63) is 17.5 Å². The summed E-state index contributed by atoms with van der Waals surface area (Å²) in [7, 11) is 0. The Hall–Kier alpha value is -1.03. The van der Waals surface area contributed by atoms with Gasteiger partial charge >= 0.3 is 0 Å². The van der Waals surface area contributed by atoms with E-state index in [1.807, 2.05) is 6.92 Å². The summed E-state index contributed by atoms with van der Waals surface area (Å²) in [5.74, 6) is 0.491. The van der Waals surface area contributed by atoms with Crippen LogP contribution in [0.1, 0.15) is 28.9 Å². The zero-order chi connectivity index (χ0) is 10.8. The van der Waals surface area contributed by atoms with Crippen LogP contribution in [0.25, 0.3) is 0 Å². The van der Waals surface area contributed by atoms with E-state index >= 15 is 0 Å². The van der Waals surface area contributed by atoms with Crippen LogP contribution in [0.15, 0.2) is 6.20 Å². The number of carbonyl (C=O) groups is 1. The fourth-order valence-corrected chi connectivity index (χ4v) is 1.82. The first-order chi connectivity index (χ1) is 7.18. The predicted molar refractivity (Wildman–Crippen MR) is 58.0 cm³/mol. The number of hydrogen-bond acceptors (Lipinski definition) is 2. The fourth-order valence-electron chi connectivity index (χ4n) is 1.49. The number of nitrogens with zero attached hydrogens (tertiary/aromatic N) is 1. The maximum atomic E-state index is 11.6. The Balaban J connectivity index is 1.84. The van der Waals surface area contributed by atoms with Crippen molar-refractivity contribution in [1.82, 2.24) is 15.5 Å². The summed E-state index contributed by atoms with van der Waals surface area (Å²) in [6, 6.07) is 0. The second-order valence-corrected chi connectivity index (χ2v) is 4.53. The van der Waals surface area contributed by atoms with Gasteiger partial charge in [-0.2, -0.15) is 5.10 Å². The molecule has 82 valence electrons. The summed E-state index contributed by atoms with van der Waals surface area (Å²) in [5, 5.41) is 9.41. The number of amides is 1. The first-order valence-electron chi connectivity index (χ1n) is 5.10. The van der Waals surface area contributed by atoms with Crippen molar-refractivity contribution in [1.29, 1.82) is 0 Å². The first-order valence-corrected chi connectivity index (χ1v) is 5.54. The van der Waals surface area contributed by atoms with Gasteiger partial charge in [-0.3, -0.25) is 9.89 Å². The summed E-state index contributed by atoms with van der Waals surface area (Å²) in [4.78, 5) is 11.6. The molecule has 1 aromatic rings. The van der Waals surface area contributed by atoms with E-state index < -0.39 is 0 Å². The van der Waals surface area contributed by atoms with E-state index in [0.717, 1.165) is 5.69 Å². The molecule has 1 aromatic heterocycles. The Morgan fingerprint density at radius 3 is 3.07 bits per heavy atom. The molecule has 2 rings (SSSR count). The SMILES string of the molecule is Cc1[nH]ncc1C(=O)NCC(Cl)C1CC1. The highest BCUT2D eigenvalue weighted by Crippen LogP contribution is 2.35. The van der Waals surface area contributed by atoms with Gasteiger partial charge in [-0.25, -0.2) is 0 Å². The van der Waals surface area contributed by atoms with Gasteiger partial charge in [0.1, 0.15) is 0 Å². The molecule has 0 radical (unpaired) electrons. The van der Waals surface area contributed by atoms with Crippen molar-refractivity contribution in [2.75, 3.05) is 6.54 Å². The van der Waals surface area contributed by atoms with Gasteiger partial charge in [0.2, 0.25) is 0 Å². The summed E-state index contributed by atoms with van der Waals surface area (Å²) in [6.07, 6.45) is 3.91. The molecule has 1 heterocycles. The van der Waals surface area contributed by atoms with Crippen LogP contribution in [0.2, 0.25) is 0 Å². The third-order valence-electron chi connectivity index (χ3n) is 2.67. The molecule has 0 bridgehead atoms. The van der Waals surface area contributed by atoms with E-state index in [2.05, 4.69) is 15.5 Å². The van der Waals surface area contributed by atoms with Crippen molar-refractivity contribution in [3.63, 3.8) is 0 Å². The van der Waals surface area contributed by atoms with E-state index in [1.54, 1.807) is 0 Å². The Kier molecular flexibility index (Phi) is 2.95. The van der Waals surface area contributed by atoms with Crippen LogP contribution >= 0.6 is 11.6 Å². The standard InChI is InChI=1S/C10H14ClN3O/c1-6-8(4-13-14-6)10(15)12-5-9(11)7-2-3-7/h4,7,9H,2-3,5H2,1H3,(H,12,15)(H,13,14). The molecular weight excluding hydrogens is 214 g/mol. The smallest absolute Gasteiger partial charge is 0.254 e. The van der Waals surface area contributed by atoms with Crippen molar-refractivity contribution in [2.24, 2.45) is 5.92 Å². The molecule has 0 aliphatic heterocycles. The highest BCUT2D eigenvalue weighted by Gasteiger charge is 2.29. The number of H-pyrrole nitrogens is 1. The summed E-state index contributed by atoms with van der Waals surface area (Å²) in [5.41, 5.74) is 1.37. The van der Waals surface area contributed by atoms with Crippen molar-refractivity contribution < 1.29 is 4.79 Å². The largest absolute Gasteiger partial charge is 0.350 e. The normalized spacial score (nSPS) is 17.5. The minimum atomic E-state index is -0.104. The molecule has 1 amide bonds. The van der Waals surface area contributed by atoms with E-state index in [-0.39, 0.29) is 11.3 Å². The van der Waals surface area contributed by atoms with Crippen LogP contribution in [0.4, 0.5) is 0 Å². The number of carbonyl (C=O) groups excluding carboxylic acids is 1. The fraction of sp³-hybridized carbons (Fsp3) is 0.600. The van der Waals surface area contributed by atoms with Gasteiger partial charge in [-0.05, 0) is 25.7 Å². The molecule has 1 saturated carbocycles. The zero-order valence-electron chi connectivity index (χ0n) is 8.59. The van der Waals surface area contributed by atoms with Gasteiger partial charge in [0.15, 0.2) is 0 Å². The van der Waals surface area contributed by atoms with Crippen LogP contribution in [0.5, 0.6) is 0 Å². The molecule has 1 aliphatic rings. The number of halogens is 1. The average molecular weight is 228 g/mol. The molecule has 0 saturated heterocycles. The minimum Gasteiger partial charge on any atom is -0.350 e. The first kappa shape index (κ1) is 10.5. The van der Waals surface area contributed by atoms with Gasteiger partial charge in [-0.1, -0.05) is 0 Å². The second-order valence-electron chi connectivity index (χ2n) is 3.97. The quantitative estimate of drug-likeness (QED) is 0.766. The highest BCUT2D eigenvalue weighted by atomic mass is 35.5. The van der Waals surface area contributed by atoms with E-state index in [0.29, 0.717) is 18.0 Å². The third-order valence-corrected chi connectivity index (χ3v) is 3.18. The number of hydrogen-bond donors (Lipinski definition) is 2. The minimum absolute atomic E-state index is 0.0705. The molecule has 0 spiro atoms. The number of aromatic amines is 1. The van der Waals surface area contributed by atoms with E-state index in [4.69, 9.17) is 11.6 Å². The maximum Gasteiger partial charge on any atom is 0.254 e. The lowest BCUT2D eigenvalue weighted by Crippen LogP contribution is -2.30. The molecule has 5 heteroatoms. The monoisotopic (exact) mass is 227 g/mol. The van der Waals surface area contributed by atoms with Crippen LogP contribution < -0.4 is 5.32 Å². The molecule has 1 atom stereocenters. The number of rotatable bonds is 4. The molecule has 2 N–H and O–H groups in total. The van der Waals surface area contributed by atoms with Crippen LogP contribution in [0.3, 0.4) is 0 Å². The van der Waals surface area contributed by atoms with Crippen molar-refractivity contribution in [2.45, 2.75) is 25.1 Å². The van der Waals surface area contributed by atoms with Gasteiger partial charge < -0.3 is 5.32 Å². The Labute approximate surface area is 93.4 Å². The third kappa shape index (κ3) is 2.50. The summed E-state index contributed by atoms with van der Waals surface area (Å²) >= 11 is 6.09. The second kappa shape index (κ2) is 4.23. The lowest BCUT2D eigenvalue weighted by atomic mass is 10.2. The van der Waals surface area contributed by atoms with Crippen LogP contribution in [0, 0.1) is 12.8 Å². The molecule has 0 aromatic carbocycles. The van der Waals surface area contributed by atoms with Crippen LogP contribution in [-0.4, -0.2) is 28.0 Å². The van der Waals surface area contributed by atoms with Crippen molar-refractivity contribution in [3.8, 4) is 0 Å². The maximum absolute atomic E-state index is 11.6. The molecule has 4 nitrogen and oxygen atoms in total. The van der Waals surface area contributed by atoms with Gasteiger partial charge in [-0.15, -0.1) is 11.6 Å². The van der Waals surface area contributed by atoms with Crippen LogP contribution in [-0.2, 0) is 0 Å². The van der Waals surface area contributed by atoms with Gasteiger partial charge in [0, 0.05) is 12.2 Å². The lowest BCUT2D eigenvalue weighted by Gasteiger charge is -2.08. The number of nitrogens with one attached hydrogen (secondary N) is 2. The molecule has 1 aliphatic carbocycles. The Morgan fingerprint density at radius 1 is 1.80 bits per heavy atom. The molecule has 1 fully saturated rings.